The van der Waals surface area contributed by atoms with E-state index in [1.807, 2.05) is 56.3 Å². The molecule has 0 saturated heterocycles. The Hall–Kier alpha value is -3.71. The second-order valence-corrected chi connectivity index (χ2v) is 8.53. The van der Waals surface area contributed by atoms with Crippen molar-refractivity contribution < 1.29 is 14.3 Å². The summed E-state index contributed by atoms with van der Waals surface area (Å²) in [5.74, 6) is 0.369. The summed E-state index contributed by atoms with van der Waals surface area (Å²) in [5, 5.41) is 6.35. The predicted octanol–water partition coefficient (Wildman–Crippen LogP) is 5.36. The Morgan fingerprint density at radius 1 is 0.969 bits per heavy atom. The maximum absolute atomic E-state index is 12.8. The molecule has 0 aliphatic rings. The zero-order valence-electron chi connectivity index (χ0n) is 18.1. The molecule has 0 aliphatic carbocycles. The maximum Gasteiger partial charge on any atom is 0.255 e. The van der Waals surface area contributed by atoms with Crippen LogP contribution >= 0.6 is 11.3 Å². The molecule has 4 aromatic rings. The van der Waals surface area contributed by atoms with E-state index in [-0.39, 0.29) is 18.2 Å². The minimum atomic E-state index is -0.179. The second kappa shape index (κ2) is 9.20. The number of para-hydroxylation sites is 1. The summed E-state index contributed by atoms with van der Waals surface area (Å²) in [4.78, 5) is 29.7. The number of aryl methyl sites for hydroxylation is 2. The van der Waals surface area contributed by atoms with E-state index in [1.165, 1.54) is 11.3 Å². The minimum absolute atomic E-state index is 0.162. The van der Waals surface area contributed by atoms with Crippen LogP contribution in [0.2, 0.25) is 0 Å². The van der Waals surface area contributed by atoms with Crippen molar-refractivity contribution in [1.82, 2.24) is 4.98 Å². The number of aromatic nitrogens is 1. The van der Waals surface area contributed by atoms with E-state index in [4.69, 9.17) is 4.74 Å². The Balaban J connectivity index is 1.47. The fourth-order valence-corrected chi connectivity index (χ4v) is 4.37. The monoisotopic (exact) mass is 445 g/mol. The van der Waals surface area contributed by atoms with Gasteiger partial charge in [0, 0.05) is 11.3 Å². The van der Waals surface area contributed by atoms with Gasteiger partial charge in [-0.2, -0.15) is 0 Å². The minimum Gasteiger partial charge on any atom is -0.497 e. The number of methoxy groups -OCH3 is 1. The van der Waals surface area contributed by atoms with Crippen LogP contribution < -0.4 is 15.4 Å². The number of carbonyl (C=O) groups excluding carboxylic acids is 2. The van der Waals surface area contributed by atoms with E-state index in [0.29, 0.717) is 16.4 Å². The molecule has 7 heteroatoms. The summed E-state index contributed by atoms with van der Waals surface area (Å²) in [6.07, 6.45) is 0.219. The molecule has 0 atom stereocenters. The van der Waals surface area contributed by atoms with Crippen LogP contribution in [0.15, 0.2) is 60.7 Å². The molecule has 162 valence electrons. The number of carbonyl (C=O) groups is 2. The Morgan fingerprint density at radius 3 is 2.47 bits per heavy atom. The van der Waals surface area contributed by atoms with Gasteiger partial charge in [-0.15, -0.1) is 0 Å². The lowest BCUT2D eigenvalue weighted by Gasteiger charge is -2.11. The lowest BCUT2D eigenvalue weighted by atomic mass is 10.1. The summed E-state index contributed by atoms with van der Waals surface area (Å²) in [5.41, 5.74) is 4.98. The van der Waals surface area contributed by atoms with E-state index in [9.17, 15) is 9.59 Å². The van der Waals surface area contributed by atoms with E-state index >= 15 is 0 Å². The zero-order valence-corrected chi connectivity index (χ0v) is 18.9. The first-order valence-corrected chi connectivity index (χ1v) is 11.0. The van der Waals surface area contributed by atoms with Crippen molar-refractivity contribution in [2.24, 2.45) is 0 Å². The molecule has 0 aliphatic heterocycles. The van der Waals surface area contributed by atoms with Gasteiger partial charge in [0.1, 0.15) is 5.75 Å². The number of thiazole rings is 1. The van der Waals surface area contributed by atoms with Crippen LogP contribution in [0.5, 0.6) is 5.75 Å². The van der Waals surface area contributed by atoms with Crippen molar-refractivity contribution in [3.8, 4) is 5.75 Å². The molecule has 32 heavy (non-hydrogen) atoms. The molecule has 1 aromatic heterocycles. The van der Waals surface area contributed by atoms with Gasteiger partial charge in [-0.3, -0.25) is 9.59 Å². The first kappa shape index (κ1) is 21.5. The van der Waals surface area contributed by atoms with Crippen molar-refractivity contribution in [1.29, 1.82) is 0 Å². The van der Waals surface area contributed by atoms with Gasteiger partial charge in [-0.05, 0) is 60.9 Å². The van der Waals surface area contributed by atoms with E-state index in [1.54, 1.807) is 25.3 Å². The number of amides is 2. The molecule has 0 spiro atoms. The number of benzene rings is 3. The van der Waals surface area contributed by atoms with Gasteiger partial charge in [-0.1, -0.05) is 41.7 Å². The lowest BCUT2D eigenvalue weighted by Crippen LogP contribution is -2.14. The Morgan fingerprint density at radius 2 is 1.72 bits per heavy atom. The van der Waals surface area contributed by atoms with E-state index < -0.39 is 0 Å². The Bertz CT molecular complexity index is 1290. The number of hydrogen-bond donors (Lipinski definition) is 2. The molecule has 0 unspecified atom stereocenters. The van der Waals surface area contributed by atoms with Gasteiger partial charge in [0.15, 0.2) is 5.13 Å². The van der Waals surface area contributed by atoms with Crippen molar-refractivity contribution in [2.75, 3.05) is 17.7 Å². The van der Waals surface area contributed by atoms with Crippen molar-refractivity contribution in [3.05, 3.63) is 82.9 Å². The largest absolute Gasteiger partial charge is 0.497 e. The summed E-state index contributed by atoms with van der Waals surface area (Å²) in [6, 6.07) is 18.6. The summed E-state index contributed by atoms with van der Waals surface area (Å²) < 4.78 is 6.03. The van der Waals surface area contributed by atoms with Crippen LogP contribution in [-0.4, -0.2) is 23.9 Å². The number of anilines is 2. The molecule has 0 bridgehead atoms. The van der Waals surface area contributed by atoms with E-state index in [0.717, 1.165) is 32.6 Å². The molecule has 0 saturated carbocycles. The first-order valence-electron chi connectivity index (χ1n) is 10.1. The molecule has 2 N–H and O–H groups in total. The van der Waals surface area contributed by atoms with Crippen LogP contribution in [0, 0.1) is 13.8 Å². The van der Waals surface area contributed by atoms with Crippen LogP contribution in [-0.2, 0) is 11.2 Å². The highest BCUT2D eigenvalue weighted by molar-refractivity contribution is 7.22. The number of nitrogens with zero attached hydrogens (tertiary/aromatic N) is 1. The third-order valence-electron chi connectivity index (χ3n) is 5.12. The van der Waals surface area contributed by atoms with Crippen molar-refractivity contribution >= 4 is 44.2 Å². The van der Waals surface area contributed by atoms with Gasteiger partial charge in [-0.25, -0.2) is 4.98 Å². The molecule has 1 heterocycles. The smallest absolute Gasteiger partial charge is 0.255 e. The molecule has 4 rings (SSSR count). The van der Waals surface area contributed by atoms with Crippen molar-refractivity contribution in [3.63, 3.8) is 0 Å². The molecule has 2 amide bonds. The van der Waals surface area contributed by atoms with Crippen LogP contribution in [0.1, 0.15) is 27.0 Å². The Kier molecular flexibility index (Phi) is 6.18. The highest BCUT2D eigenvalue weighted by Crippen LogP contribution is 2.28. The average molecular weight is 446 g/mol. The third-order valence-corrected chi connectivity index (χ3v) is 6.05. The Labute approximate surface area is 190 Å². The average Bonchev–Trinajstić information content (AvgIpc) is 3.17. The fraction of sp³-hybridized carbons (Fsp3) is 0.160. The quantitative estimate of drug-likeness (QED) is 0.419. The van der Waals surface area contributed by atoms with Crippen LogP contribution in [0.25, 0.3) is 10.2 Å². The number of fused-ring (bicyclic) bond motifs is 1. The number of nitrogens with one attached hydrogen (secondary N) is 2. The lowest BCUT2D eigenvalue weighted by molar-refractivity contribution is -0.115. The number of hydrogen-bond acceptors (Lipinski definition) is 5. The standard InChI is InChI=1S/C25H23N3O3S/c1-15-6-4-7-16(2)23(15)28-24(30)18-10-11-20-21(14-18)32-25(26-20)27-22(29)13-17-8-5-9-19(12-17)31-3/h4-12,14H,13H2,1-3H3,(H,28,30)(H,26,27,29). The first-order chi connectivity index (χ1) is 15.4. The summed E-state index contributed by atoms with van der Waals surface area (Å²) in [6.45, 7) is 3.94. The molecule has 3 aromatic carbocycles. The van der Waals surface area contributed by atoms with Gasteiger partial charge in [0.25, 0.3) is 5.91 Å². The van der Waals surface area contributed by atoms with Gasteiger partial charge >= 0.3 is 0 Å². The zero-order chi connectivity index (χ0) is 22.7. The SMILES string of the molecule is COc1cccc(CC(=O)Nc2nc3ccc(C(=O)Nc4c(C)cccc4C)cc3s2)c1. The molecule has 0 fully saturated rings. The third kappa shape index (κ3) is 4.78. The molecule has 6 nitrogen and oxygen atoms in total. The molecular formula is C25H23N3O3S. The topological polar surface area (TPSA) is 80.3 Å². The van der Waals surface area contributed by atoms with Gasteiger partial charge in [0.2, 0.25) is 5.91 Å². The number of ether oxygens (including phenoxy) is 1. The fourth-order valence-electron chi connectivity index (χ4n) is 3.45. The summed E-state index contributed by atoms with van der Waals surface area (Å²) in [7, 11) is 1.59. The normalized spacial score (nSPS) is 10.7. The highest BCUT2D eigenvalue weighted by atomic mass is 32.1. The van der Waals surface area contributed by atoms with Gasteiger partial charge < -0.3 is 15.4 Å². The predicted molar refractivity (Wildman–Crippen MR) is 129 cm³/mol. The highest BCUT2D eigenvalue weighted by Gasteiger charge is 2.13. The van der Waals surface area contributed by atoms with Crippen LogP contribution in [0.4, 0.5) is 10.8 Å². The number of rotatable bonds is 6. The second-order valence-electron chi connectivity index (χ2n) is 7.50. The van der Waals surface area contributed by atoms with Crippen LogP contribution in [0.3, 0.4) is 0 Å². The molecule has 0 radical (unpaired) electrons. The maximum atomic E-state index is 12.8. The summed E-state index contributed by atoms with van der Waals surface area (Å²) >= 11 is 1.34. The van der Waals surface area contributed by atoms with Crippen molar-refractivity contribution in [2.45, 2.75) is 20.3 Å². The van der Waals surface area contributed by atoms with Gasteiger partial charge in [0.05, 0.1) is 23.7 Å². The van der Waals surface area contributed by atoms with E-state index in [2.05, 4.69) is 15.6 Å². The molecular weight excluding hydrogens is 422 g/mol.